The molecule has 3 heteroatoms. The first-order chi connectivity index (χ1) is 15.8. The van der Waals surface area contributed by atoms with Gasteiger partial charge >= 0.3 is 208 Å². The predicted molar refractivity (Wildman–Crippen MR) is 142 cm³/mol. The Morgan fingerprint density at radius 1 is 0.629 bits per heavy atom. The van der Waals surface area contributed by atoms with Crippen LogP contribution in [0, 0.1) is 0 Å². The fourth-order valence-corrected chi connectivity index (χ4v) is 23.2. The van der Waals surface area contributed by atoms with E-state index in [-0.39, 0.29) is 24.8 Å². The first kappa shape index (κ1) is 28.9. The molecular weight excluding hydrogens is 546 g/mol. The Morgan fingerprint density at radius 2 is 1.17 bits per heavy atom. The average molecular weight is 589 g/mol. The summed E-state index contributed by atoms with van der Waals surface area (Å²) < 4.78 is 4.56. The first-order valence-corrected chi connectivity index (χ1v) is 19.8. The van der Waals surface area contributed by atoms with Crippen molar-refractivity contribution in [3.05, 3.63) is 81.4 Å². The largest absolute Gasteiger partial charge is 1.00 e. The SMILES string of the molecule is CC(C)c1cccc2c1C=C[CH]2[Zr+2]1([CH]2C=Cc3c(C(C)C)ccc(C(C)C)c32)[CH2]CCC[CH2]1.[Cl-].[Cl-]. The summed E-state index contributed by atoms with van der Waals surface area (Å²) in [5.41, 5.74) is 11.4. The van der Waals surface area contributed by atoms with Crippen molar-refractivity contribution in [2.75, 3.05) is 0 Å². The topological polar surface area (TPSA) is 0 Å². The van der Waals surface area contributed by atoms with Gasteiger partial charge in [0.05, 0.1) is 0 Å². The molecule has 2 atom stereocenters. The Bertz CT molecular complexity index is 1100. The third kappa shape index (κ3) is 4.84. The molecule has 1 saturated heterocycles. The van der Waals surface area contributed by atoms with Gasteiger partial charge in [0.1, 0.15) is 0 Å². The average Bonchev–Trinajstić information content (AvgIpc) is 3.44. The van der Waals surface area contributed by atoms with E-state index in [1.54, 1.807) is 47.2 Å². The number of allylic oxidation sites excluding steroid dienone is 2. The van der Waals surface area contributed by atoms with Crippen LogP contribution in [-0.2, 0) is 20.3 Å². The zero-order valence-electron chi connectivity index (χ0n) is 22.4. The maximum Gasteiger partial charge on any atom is -1.00 e. The molecule has 0 radical (unpaired) electrons. The number of hydrogen-bond donors (Lipinski definition) is 0. The smallest absolute Gasteiger partial charge is 1.00 e. The van der Waals surface area contributed by atoms with Crippen LogP contribution < -0.4 is 24.8 Å². The first-order valence-electron chi connectivity index (χ1n) is 13.5. The second-order valence-corrected chi connectivity index (χ2v) is 23.4. The van der Waals surface area contributed by atoms with Crippen molar-refractivity contribution in [3.63, 3.8) is 0 Å². The number of halogens is 2. The van der Waals surface area contributed by atoms with Crippen LogP contribution in [0.1, 0.15) is 125 Å². The molecule has 0 saturated carbocycles. The van der Waals surface area contributed by atoms with Crippen LogP contribution >= 0.6 is 0 Å². The van der Waals surface area contributed by atoms with Crippen molar-refractivity contribution in [1.82, 2.24) is 0 Å². The number of fused-ring (bicyclic) bond motifs is 2. The minimum absolute atomic E-state index is 0. The zero-order chi connectivity index (χ0) is 23.3. The standard InChI is InChI=1S/C15H19.C12H13.C5H10.2ClH.Zr/c1-10(2)12-8-9-13(11(3)4)15-7-5-6-14(12)15;1-9(2)11-7-3-5-10-6-4-8-12(10)11;1-3-5-4-2;;;/h5-11H,1-4H3;3-9H,1-2H3;1-5H2;2*1H;/q;;;;;+2/p-2. The van der Waals surface area contributed by atoms with Crippen molar-refractivity contribution in [2.24, 2.45) is 0 Å². The van der Waals surface area contributed by atoms with E-state index in [0.717, 1.165) is 7.25 Å². The summed E-state index contributed by atoms with van der Waals surface area (Å²) in [6, 6.07) is 12.2. The van der Waals surface area contributed by atoms with Crippen molar-refractivity contribution < 1.29 is 45.1 Å². The molecule has 0 nitrogen and oxygen atoms in total. The van der Waals surface area contributed by atoms with E-state index in [1.807, 2.05) is 0 Å². The maximum absolute atomic E-state index is 2.71. The molecule has 0 N–H and O–H groups in total. The Kier molecular flexibility index (Phi) is 9.44. The molecule has 1 fully saturated rings. The van der Waals surface area contributed by atoms with Crippen LogP contribution in [0.15, 0.2) is 42.5 Å². The van der Waals surface area contributed by atoms with Gasteiger partial charge in [0.15, 0.2) is 0 Å². The summed E-state index contributed by atoms with van der Waals surface area (Å²) in [4.78, 5) is 0. The number of benzene rings is 2. The Labute approximate surface area is 231 Å². The van der Waals surface area contributed by atoms with E-state index in [9.17, 15) is 0 Å². The van der Waals surface area contributed by atoms with Crippen molar-refractivity contribution in [1.29, 1.82) is 0 Å². The van der Waals surface area contributed by atoms with Crippen molar-refractivity contribution >= 4 is 12.2 Å². The molecule has 1 aliphatic heterocycles. The maximum atomic E-state index is 2.71. The molecule has 2 aliphatic carbocycles. The van der Waals surface area contributed by atoms with Gasteiger partial charge in [0.25, 0.3) is 0 Å². The van der Waals surface area contributed by atoms with Gasteiger partial charge in [0, 0.05) is 0 Å². The van der Waals surface area contributed by atoms with E-state index >= 15 is 0 Å². The summed E-state index contributed by atoms with van der Waals surface area (Å²) in [6.45, 7) is 14.3. The molecule has 0 amide bonds. The molecule has 188 valence electrons. The Balaban J connectivity index is 0.00000171. The Morgan fingerprint density at radius 3 is 1.80 bits per heavy atom. The summed E-state index contributed by atoms with van der Waals surface area (Å²) >= 11 is -2.70. The molecule has 2 aromatic rings. The molecule has 5 rings (SSSR count). The van der Waals surface area contributed by atoms with Crippen LogP contribution in [0.3, 0.4) is 0 Å². The van der Waals surface area contributed by atoms with Crippen LogP contribution in [0.2, 0.25) is 8.26 Å². The van der Waals surface area contributed by atoms with Gasteiger partial charge in [-0.05, 0) is 0 Å². The third-order valence-electron chi connectivity index (χ3n) is 8.97. The molecule has 0 aromatic heterocycles. The minimum Gasteiger partial charge on any atom is -1.00 e. The molecule has 1 heterocycles. The summed E-state index contributed by atoms with van der Waals surface area (Å²) in [6.07, 6.45) is 14.8. The molecule has 2 unspecified atom stereocenters. The second kappa shape index (κ2) is 11.4. The molecule has 2 aromatic carbocycles. The van der Waals surface area contributed by atoms with E-state index < -0.39 is 20.3 Å². The van der Waals surface area contributed by atoms with Gasteiger partial charge in [-0.15, -0.1) is 0 Å². The number of hydrogen-bond acceptors (Lipinski definition) is 0. The van der Waals surface area contributed by atoms with Gasteiger partial charge in [-0.3, -0.25) is 0 Å². The molecule has 0 spiro atoms. The van der Waals surface area contributed by atoms with E-state index in [2.05, 4.69) is 96.2 Å². The predicted octanol–water partition coefficient (Wildman–Crippen LogP) is 4.08. The van der Waals surface area contributed by atoms with Gasteiger partial charge in [-0.2, -0.15) is 0 Å². The molecule has 0 bridgehead atoms. The summed E-state index contributed by atoms with van der Waals surface area (Å²) in [5.74, 6) is 1.77. The zero-order valence-corrected chi connectivity index (χ0v) is 26.3. The number of rotatable bonds is 5. The van der Waals surface area contributed by atoms with Gasteiger partial charge in [0.2, 0.25) is 0 Å². The third-order valence-corrected chi connectivity index (χ3v) is 23.8. The van der Waals surface area contributed by atoms with Crippen LogP contribution in [0.5, 0.6) is 0 Å². The van der Waals surface area contributed by atoms with E-state index in [4.69, 9.17) is 0 Å². The fraction of sp³-hybridized carbons (Fsp3) is 0.500. The van der Waals surface area contributed by atoms with Gasteiger partial charge in [-0.1, -0.05) is 0 Å². The Hall–Kier alpha value is -0.617. The summed E-state index contributed by atoms with van der Waals surface area (Å²) in [7, 11) is 0. The monoisotopic (exact) mass is 586 g/mol. The van der Waals surface area contributed by atoms with E-state index in [0.29, 0.717) is 17.8 Å². The van der Waals surface area contributed by atoms with E-state index in [1.165, 1.54) is 19.3 Å². The van der Waals surface area contributed by atoms with Crippen LogP contribution in [0.4, 0.5) is 0 Å². The summed E-state index contributed by atoms with van der Waals surface area (Å²) in [5, 5.41) is 0. The normalized spacial score (nSPS) is 20.8. The molecule has 3 aliphatic rings. The molecular formula is C32H42Cl2Zr. The van der Waals surface area contributed by atoms with Crippen molar-refractivity contribution in [2.45, 2.75) is 94.1 Å². The minimum atomic E-state index is -2.70. The van der Waals surface area contributed by atoms with Crippen LogP contribution in [0.25, 0.3) is 12.2 Å². The van der Waals surface area contributed by atoms with Gasteiger partial charge in [-0.25, -0.2) is 0 Å². The second-order valence-electron chi connectivity index (χ2n) is 11.9. The fourth-order valence-electron chi connectivity index (χ4n) is 7.37. The van der Waals surface area contributed by atoms with Crippen LogP contribution in [-0.4, -0.2) is 0 Å². The van der Waals surface area contributed by atoms with Gasteiger partial charge < -0.3 is 24.8 Å². The molecule has 35 heavy (non-hydrogen) atoms. The quantitative estimate of drug-likeness (QED) is 0.494. The van der Waals surface area contributed by atoms with Crippen molar-refractivity contribution in [3.8, 4) is 0 Å².